The predicted molar refractivity (Wildman–Crippen MR) is 105 cm³/mol. The maximum atomic E-state index is 13.6. The number of rotatable bonds is 2. The largest absolute Gasteiger partial charge is 0.324 e. The van der Waals surface area contributed by atoms with Crippen LogP contribution in [0.25, 0.3) is 0 Å². The Labute approximate surface area is 169 Å². The normalized spacial score (nSPS) is 34.8. The number of benzene rings is 1. The van der Waals surface area contributed by atoms with Crippen molar-refractivity contribution in [1.29, 1.82) is 0 Å². The molecular weight excluding hydrogens is 378 g/mol. The van der Waals surface area contributed by atoms with Gasteiger partial charge in [-0.05, 0) is 57.4 Å². The maximum absolute atomic E-state index is 13.6. The number of nitrogens with zero attached hydrogens (tertiary/aromatic N) is 2. The molecule has 3 saturated heterocycles. The van der Waals surface area contributed by atoms with Crippen molar-refractivity contribution in [3.8, 4) is 0 Å². The van der Waals surface area contributed by atoms with Gasteiger partial charge in [0, 0.05) is 28.4 Å². The summed E-state index contributed by atoms with van der Waals surface area (Å²) in [6.07, 6.45) is 2.45. The van der Waals surface area contributed by atoms with Gasteiger partial charge in [-0.25, -0.2) is 0 Å². The summed E-state index contributed by atoms with van der Waals surface area (Å²) in [4.78, 5) is 44.0. The molecule has 5 atom stereocenters. The molecule has 148 valence electrons. The molecule has 0 bridgehead atoms. The molecule has 1 aromatic rings. The molecule has 3 fully saturated rings. The minimum absolute atomic E-state index is 0.0773. The lowest BCUT2D eigenvalue weighted by Gasteiger charge is -2.37. The second kappa shape index (κ2) is 5.80. The number of imide groups is 1. The molecule has 0 radical (unpaired) electrons. The molecule has 4 aliphatic rings. The molecule has 5 rings (SSSR count). The van der Waals surface area contributed by atoms with Crippen LogP contribution in [0.1, 0.15) is 44.2 Å². The second-order valence-corrected chi connectivity index (χ2v) is 9.01. The Balaban J connectivity index is 1.76. The Kier molecular flexibility index (Phi) is 3.75. The van der Waals surface area contributed by atoms with Crippen LogP contribution in [-0.4, -0.2) is 46.1 Å². The van der Waals surface area contributed by atoms with E-state index in [9.17, 15) is 14.4 Å². The van der Waals surface area contributed by atoms with Crippen molar-refractivity contribution < 1.29 is 14.4 Å². The van der Waals surface area contributed by atoms with Gasteiger partial charge < -0.3 is 5.32 Å². The third-order valence-corrected chi connectivity index (χ3v) is 7.55. The van der Waals surface area contributed by atoms with E-state index in [4.69, 9.17) is 11.6 Å². The van der Waals surface area contributed by atoms with Gasteiger partial charge in [-0.1, -0.05) is 18.5 Å². The van der Waals surface area contributed by atoms with Crippen molar-refractivity contribution in [2.24, 2.45) is 11.8 Å². The van der Waals surface area contributed by atoms with E-state index in [1.807, 2.05) is 32.9 Å². The minimum Gasteiger partial charge on any atom is -0.324 e. The van der Waals surface area contributed by atoms with E-state index in [0.29, 0.717) is 18.0 Å². The quantitative estimate of drug-likeness (QED) is 0.773. The summed E-state index contributed by atoms with van der Waals surface area (Å²) in [6, 6.07) is 3.39. The predicted octanol–water partition coefficient (Wildman–Crippen LogP) is 2.67. The zero-order chi connectivity index (χ0) is 20.0. The van der Waals surface area contributed by atoms with Crippen molar-refractivity contribution in [3.63, 3.8) is 0 Å². The number of fused-ring (bicyclic) bond motifs is 7. The number of hydrogen-bond acceptors (Lipinski definition) is 4. The van der Waals surface area contributed by atoms with Gasteiger partial charge in [0.2, 0.25) is 17.7 Å². The number of amides is 3. The van der Waals surface area contributed by atoms with Gasteiger partial charge in [-0.2, -0.15) is 0 Å². The lowest BCUT2D eigenvalue weighted by atomic mass is 9.75. The van der Waals surface area contributed by atoms with Gasteiger partial charge >= 0.3 is 0 Å². The first-order valence-corrected chi connectivity index (χ1v) is 10.5. The van der Waals surface area contributed by atoms with Crippen molar-refractivity contribution >= 4 is 35.0 Å². The number of halogens is 1. The monoisotopic (exact) mass is 401 g/mol. The zero-order valence-corrected chi connectivity index (χ0v) is 17.0. The highest BCUT2D eigenvalue weighted by molar-refractivity contribution is 6.31. The smallest absolute Gasteiger partial charge is 0.250 e. The van der Waals surface area contributed by atoms with Crippen molar-refractivity contribution in [2.45, 2.75) is 57.7 Å². The maximum Gasteiger partial charge on any atom is 0.250 e. The summed E-state index contributed by atoms with van der Waals surface area (Å²) in [5, 5.41) is 3.57. The molecule has 1 spiro atoms. The minimum atomic E-state index is -1.13. The van der Waals surface area contributed by atoms with Crippen LogP contribution in [-0.2, 0) is 19.9 Å². The molecule has 1 N–H and O–H groups in total. The lowest BCUT2D eigenvalue weighted by Crippen LogP contribution is -2.54. The molecule has 6 nitrogen and oxygen atoms in total. The fourth-order valence-corrected chi connectivity index (χ4v) is 6.35. The lowest BCUT2D eigenvalue weighted by molar-refractivity contribution is -0.147. The summed E-state index contributed by atoms with van der Waals surface area (Å²) in [6.45, 7) is 6.49. The van der Waals surface area contributed by atoms with E-state index in [0.717, 1.165) is 29.7 Å². The first-order valence-electron chi connectivity index (χ1n) is 10.1. The van der Waals surface area contributed by atoms with E-state index >= 15 is 0 Å². The third-order valence-electron chi connectivity index (χ3n) is 7.33. The van der Waals surface area contributed by atoms with E-state index in [-0.39, 0.29) is 29.8 Å². The Morgan fingerprint density at radius 1 is 1.29 bits per heavy atom. The van der Waals surface area contributed by atoms with Gasteiger partial charge in [0.1, 0.15) is 5.54 Å². The van der Waals surface area contributed by atoms with Crippen LogP contribution in [0.2, 0.25) is 5.02 Å². The highest BCUT2D eigenvalue weighted by Gasteiger charge is 2.74. The summed E-state index contributed by atoms with van der Waals surface area (Å²) in [5.41, 5.74) is 1.24. The number of carbonyl (C=O) groups excluding carboxylic acids is 3. The van der Waals surface area contributed by atoms with Gasteiger partial charge in [0.25, 0.3) is 0 Å². The van der Waals surface area contributed by atoms with Crippen LogP contribution >= 0.6 is 11.6 Å². The standard InChI is InChI=1S/C21H24ClN3O3/c1-4-11(3)25-18(26)15-14-6-5-7-24(14)21(16(15)19(25)27)13-9-12(22)8-10(2)17(13)23-20(21)28/h8-9,11,14-16H,4-7H2,1-3H3,(H,23,28). The van der Waals surface area contributed by atoms with Crippen LogP contribution in [0.5, 0.6) is 0 Å². The number of aryl methyl sites for hydroxylation is 1. The molecule has 3 amide bonds. The van der Waals surface area contributed by atoms with Crippen LogP contribution in [0.4, 0.5) is 5.69 Å². The first-order chi connectivity index (χ1) is 13.3. The average molecular weight is 402 g/mol. The Bertz CT molecular complexity index is 932. The highest BCUT2D eigenvalue weighted by atomic mass is 35.5. The van der Waals surface area contributed by atoms with Gasteiger partial charge in [-0.3, -0.25) is 24.2 Å². The summed E-state index contributed by atoms with van der Waals surface area (Å²) < 4.78 is 0. The van der Waals surface area contributed by atoms with Gasteiger partial charge in [0.05, 0.1) is 11.8 Å². The fraction of sp³-hybridized carbons (Fsp3) is 0.571. The van der Waals surface area contributed by atoms with E-state index in [1.54, 1.807) is 0 Å². The fourth-order valence-electron chi connectivity index (χ4n) is 6.07. The SMILES string of the molecule is CCC(C)N1C(=O)C2C3CCCN3C3(C(=O)Nc4c(C)cc(Cl)cc43)C2C1=O. The number of nitrogens with one attached hydrogen (secondary N) is 1. The van der Waals surface area contributed by atoms with Crippen LogP contribution in [0.15, 0.2) is 12.1 Å². The molecule has 5 unspecified atom stereocenters. The zero-order valence-electron chi connectivity index (χ0n) is 16.3. The first kappa shape index (κ1) is 18.1. The molecule has 0 aliphatic carbocycles. The molecule has 4 heterocycles. The average Bonchev–Trinajstić information content (AvgIpc) is 3.34. The Morgan fingerprint density at radius 3 is 2.75 bits per heavy atom. The summed E-state index contributed by atoms with van der Waals surface area (Å²) in [7, 11) is 0. The topological polar surface area (TPSA) is 69.7 Å². The van der Waals surface area contributed by atoms with Crippen molar-refractivity contribution in [1.82, 2.24) is 9.80 Å². The van der Waals surface area contributed by atoms with Crippen LogP contribution < -0.4 is 5.32 Å². The van der Waals surface area contributed by atoms with Gasteiger partial charge in [-0.15, -0.1) is 0 Å². The number of likely N-dealkylation sites (tertiary alicyclic amines) is 1. The third kappa shape index (κ3) is 1.90. The molecule has 0 saturated carbocycles. The van der Waals surface area contributed by atoms with Crippen LogP contribution in [0.3, 0.4) is 0 Å². The number of hydrogen-bond donors (Lipinski definition) is 1. The van der Waals surface area contributed by atoms with E-state index in [2.05, 4.69) is 10.2 Å². The van der Waals surface area contributed by atoms with Gasteiger partial charge in [0.15, 0.2) is 0 Å². The molecule has 28 heavy (non-hydrogen) atoms. The molecular formula is C21H24ClN3O3. The highest BCUT2D eigenvalue weighted by Crippen LogP contribution is 2.61. The molecule has 1 aromatic carbocycles. The molecule has 7 heteroatoms. The van der Waals surface area contributed by atoms with Crippen LogP contribution in [0, 0.1) is 18.8 Å². The summed E-state index contributed by atoms with van der Waals surface area (Å²) >= 11 is 6.37. The van der Waals surface area contributed by atoms with Crippen molar-refractivity contribution in [2.75, 3.05) is 11.9 Å². The Hall–Kier alpha value is -1.92. The second-order valence-electron chi connectivity index (χ2n) is 8.58. The number of carbonyl (C=O) groups is 3. The molecule has 4 aliphatic heterocycles. The Morgan fingerprint density at radius 2 is 2.04 bits per heavy atom. The van der Waals surface area contributed by atoms with E-state index in [1.165, 1.54) is 4.90 Å². The van der Waals surface area contributed by atoms with Crippen molar-refractivity contribution in [3.05, 3.63) is 28.3 Å². The van der Waals surface area contributed by atoms with E-state index < -0.39 is 17.4 Å². The summed E-state index contributed by atoms with van der Waals surface area (Å²) in [5.74, 6) is -1.66. The molecule has 0 aromatic heterocycles. The number of anilines is 1.